The largest absolute Gasteiger partial charge is 0.335 e. The zero-order valence-corrected chi connectivity index (χ0v) is 9.28. The summed E-state index contributed by atoms with van der Waals surface area (Å²) in [6, 6.07) is 4.09. The Morgan fingerprint density at radius 3 is 2.93 bits per heavy atom. The Labute approximate surface area is 90.4 Å². The van der Waals surface area contributed by atoms with Crippen molar-refractivity contribution in [3.63, 3.8) is 0 Å². The van der Waals surface area contributed by atoms with Crippen LogP contribution in [0.3, 0.4) is 0 Å². The lowest BCUT2D eigenvalue weighted by Crippen LogP contribution is -2.09. The number of aryl methyl sites for hydroxylation is 1. The summed E-state index contributed by atoms with van der Waals surface area (Å²) in [6.07, 6.45) is 1.03. The second-order valence-corrected chi connectivity index (χ2v) is 4.40. The molecular formula is C8H10N4S2. The van der Waals surface area contributed by atoms with Crippen molar-refractivity contribution in [1.29, 1.82) is 0 Å². The standard InChI is InChI=1S/C8H10N4S2/c1-2-5-3-4-6(14-5)7-10-11-8(13)12(7)9/h3-4H,2,9H2,1H3,(H,11,13). The molecule has 74 valence electrons. The van der Waals surface area contributed by atoms with Crippen LogP contribution >= 0.6 is 23.6 Å². The smallest absolute Gasteiger partial charge is 0.214 e. The van der Waals surface area contributed by atoms with Gasteiger partial charge in [-0.1, -0.05) is 6.92 Å². The van der Waals surface area contributed by atoms with E-state index in [4.69, 9.17) is 18.1 Å². The number of rotatable bonds is 2. The van der Waals surface area contributed by atoms with E-state index in [-0.39, 0.29) is 0 Å². The van der Waals surface area contributed by atoms with E-state index in [1.807, 2.05) is 6.07 Å². The van der Waals surface area contributed by atoms with Gasteiger partial charge in [-0.05, 0) is 30.8 Å². The molecule has 2 aromatic rings. The molecule has 0 saturated heterocycles. The average Bonchev–Trinajstić information content (AvgIpc) is 2.75. The lowest BCUT2D eigenvalue weighted by molar-refractivity contribution is 0.986. The molecule has 0 aliphatic carbocycles. The van der Waals surface area contributed by atoms with Crippen molar-refractivity contribution >= 4 is 23.6 Å². The lowest BCUT2D eigenvalue weighted by Gasteiger charge is -1.94. The van der Waals surface area contributed by atoms with E-state index in [2.05, 4.69) is 23.2 Å². The fourth-order valence-electron chi connectivity index (χ4n) is 1.17. The van der Waals surface area contributed by atoms with E-state index in [1.165, 1.54) is 9.55 Å². The molecule has 0 aliphatic heterocycles. The van der Waals surface area contributed by atoms with Gasteiger partial charge in [0.1, 0.15) is 0 Å². The first-order valence-corrected chi connectivity index (χ1v) is 5.46. The van der Waals surface area contributed by atoms with Gasteiger partial charge in [0.2, 0.25) is 4.77 Å². The Kier molecular flexibility index (Phi) is 2.39. The van der Waals surface area contributed by atoms with E-state index in [9.17, 15) is 0 Å². The number of nitrogens with one attached hydrogen (secondary N) is 1. The van der Waals surface area contributed by atoms with Crippen LogP contribution in [0.2, 0.25) is 0 Å². The van der Waals surface area contributed by atoms with Crippen LogP contribution in [0.4, 0.5) is 0 Å². The van der Waals surface area contributed by atoms with Crippen LogP contribution in [0.25, 0.3) is 10.7 Å². The highest BCUT2D eigenvalue weighted by molar-refractivity contribution is 7.71. The minimum atomic E-state index is 0.437. The predicted octanol–water partition coefficient (Wildman–Crippen LogP) is 1.95. The first-order valence-electron chi connectivity index (χ1n) is 4.24. The van der Waals surface area contributed by atoms with Crippen molar-refractivity contribution in [3.05, 3.63) is 21.8 Å². The summed E-state index contributed by atoms with van der Waals surface area (Å²) in [4.78, 5) is 2.35. The number of thiophene rings is 1. The SMILES string of the molecule is CCc1ccc(-c2n[nH]c(=S)n2N)s1. The Balaban J connectivity index is 2.49. The third kappa shape index (κ3) is 1.46. The fourth-order valence-corrected chi connectivity index (χ4v) is 2.23. The van der Waals surface area contributed by atoms with Gasteiger partial charge in [0.15, 0.2) is 5.82 Å². The fraction of sp³-hybridized carbons (Fsp3) is 0.250. The van der Waals surface area contributed by atoms with Gasteiger partial charge in [-0.25, -0.2) is 9.77 Å². The van der Waals surface area contributed by atoms with Gasteiger partial charge in [0.25, 0.3) is 0 Å². The first kappa shape index (κ1) is 9.42. The van der Waals surface area contributed by atoms with Crippen LogP contribution in [-0.2, 0) is 6.42 Å². The highest BCUT2D eigenvalue weighted by Gasteiger charge is 2.08. The van der Waals surface area contributed by atoms with Gasteiger partial charge >= 0.3 is 0 Å². The summed E-state index contributed by atoms with van der Waals surface area (Å²) in [5.74, 6) is 6.40. The number of H-pyrrole nitrogens is 1. The minimum Gasteiger partial charge on any atom is -0.335 e. The Morgan fingerprint density at radius 1 is 1.64 bits per heavy atom. The van der Waals surface area contributed by atoms with Crippen molar-refractivity contribution in [2.45, 2.75) is 13.3 Å². The molecule has 2 heterocycles. The Hall–Kier alpha value is -1.14. The van der Waals surface area contributed by atoms with Gasteiger partial charge in [-0.2, -0.15) is 5.10 Å². The Bertz CT molecular complexity index is 493. The molecule has 3 N–H and O–H groups in total. The van der Waals surface area contributed by atoms with Crippen molar-refractivity contribution in [2.75, 3.05) is 5.84 Å². The maximum Gasteiger partial charge on any atom is 0.214 e. The van der Waals surface area contributed by atoms with Crippen LogP contribution in [-0.4, -0.2) is 14.9 Å². The van der Waals surface area contributed by atoms with E-state index in [1.54, 1.807) is 11.3 Å². The van der Waals surface area contributed by atoms with Crippen LogP contribution in [0.15, 0.2) is 12.1 Å². The number of nitrogens with zero attached hydrogens (tertiary/aromatic N) is 2. The molecule has 2 rings (SSSR count). The van der Waals surface area contributed by atoms with Crippen LogP contribution in [0.5, 0.6) is 0 Å². The molecule has 0 spiro atoms. The van der Waals surface area contributed by atoms with E-state index >= 15 is 0 Å². The second-order valence-electron chi connectivity index (χ2n) is 2.84. The van der Waals surface area contributed by atoms with Gasteiger partial charge in [-0.3, -0.25) is 0 Å². The van der Waals surface area contributed by atoms with Crippen molar-refractivity contribution < 1.29 is 0 Å². The molecule has 6 heteroatoms. The van der Waals surface area contributed by atoms with Gasteiger partial charge in [0.05, 0.1) is 4.88 Å². The van der Waals surface area contributed by atoms with Crippen molar-refractivity contribution in [2.24, 2.45) is 0 Å². The monoisotopic (exact) mass is 226 g/mol. The molecule has 0 unspecified atom stereocenters. The maximum absolute atomic E-state index is 5.71. The second kappa shape index (κ2) is 3.55. The zero-order chi connectivity index (χ0) is 10.1. The van der Waals surface area contributed by atoms with E-state index in [0.717, 1.165) is 11.3 Å². The Morgan fingerprint density at radius 2 is 2.43 bits per heavy atom. The number of nitrogens with two attached hydrogens (primary N) is 1. The first-order chi connectivity index (χ1) is 6.72. The summed E-state index contributed by atoms with van der Waals surface area (Å²) in [5, 5.41) is 6.72. The lowest BCUT2D eigenvalue weighted by atomic mass is 10.3. The number of nitrogen functional groups attached to an aromatic ring is 1. The zero-order valence-electron chi connectivity index (χ0n) is 7.65. The van der Waals surface area contributed by atoms with Crippen molar-refractivity contribution in [3.8, 4) is 10.7 Å². The molecule has 0 aromatic carbocycles. The summed E-state index contributed by atoms with van der Waals surface area (Å²) >= 11 is 6.62. The highest BCUT2D eigenvalue weighted by Crippen LogP contribution is 2.25. The molecule has 0 aliphatic rings. The number of aromatic amines is 1. The quantitative estimate of drug-likeness (QED) is 0.608. The maximum atomic E-state index is 5.71. The molecule has 14 heavy (non-hydrogen) atoms. The van der Waals surface area contributed by atoms with Crippen LogP contribution < -0.4 is 5.84 Å². The van der Waals surface area contributed by atoms with Crippen LogP contribution in [0, 0.1) is 4.77 Å². The summed E-state index contributed by atoms with van der Waals surface area (Å²) < 4.78 is 1.83. The minimum absolute atomic E-state index is 0.437. The molecule has 0 bridgehead atoms. The van der Waals surface area contributed by atoms with E-state index in [0.29, 0.717) is 10.6 Å². The molecule has 0 amide bonds. The molecule has 4 nitrogen and oxygen atoms in total. The molecule has 0 atom stereocenters. The average molecular weight is 226 g/mol. The number of aromatic nitrogens is 3. The molecule has 2 aromatic heterocycles. The normalized spacial score (nSPS) is 10.6. The number of hydrogen-bond acceptors (Lipinski definition) is 4. The number of hydrogen-bond donors (Lipinski definition) is 2. The van der Waals surface area contributed by atoms with Gasteiger partial charge < -0.3 is 5.84 Å². The summed E-state index contributed by atoms with van der Waals surface area (Å²) in [6.45, 7) is 2.12. The third-order valence-electron chi connectivity index (χ3n) is 1.93. The van der Waals surface area contributed by atoms with Crippen LogP contribution in [0.1, 0.15) is 11.8 Å². The third-order valence-corrected chi connectivity index (χ3v) is 3.45. The van der Waals surface area contributed by atoms with Gasteiger partial charge in [0, 0.05) is 4.88 Å². The summed E-state index contributed by atoms with van der Waals surface area (Å²) in [7, 11) is 0. The summed E-state index contributed by atoms with van der Waals surface area (Å²) in [5.41, 5.74) is 0. The van der Waals surface area contributed by atoms with E-state index < -0.39 is 0 Å². The van der Waals surface area contributed by atoms with Gasteiger partial charge in [-0.15, -0.1) is 11.3 Å². The van der Waals surface area contributed by atoms with Crippen molar-refractivity contribution in [1.82, 2.24) is 14.9 Å². The molecular weight excluding hydrogens is 216 g/mol. The molecule has 0 fully saturated rings. The molecule has 0 saturated carbocycles. The topological polar surface area (TPSA) is 59.6 Å². The predicted molar refractivity (Wildman–Crippen MR) is 60.3 cm³/mol. The highest BCUT2D eigenvalue weighted by atomic mass is 32.1. The molecule has 0 radical (unpaired) electrons.